The van der Waals surface area contributed by atoms with Crippen molar-refractivity contribution >= 4 is 38.3 Å². The van der Waals surface area contributed by atoms with Crippen LogP contribution in [0, 0.1) is 11.8 Å². The number of nitrogens with zero attached hydrogens (tertiary/aromatic N) is 2. The molecule has 15 heteroatoms. The predicted molar refractivity (Wildman–Crippen MR) is 163 cm³/mol. The highest BCUT2D eigenvalue weighted by molar-refractivity contribution is 7.89. The summed E-state index contributed by atoms with van der Waals surface area (Å²) in [6, 6.07) is 10.4. The van der Waals surface area contributed by atoms with Crippen LogP contribution in [0.4, 0.5) is 29.3 Å². The Morgan fingerprint density at radius 2 is 1.89 bits per heavy atom. The van der Waals surface area contributed by atoms with E-state index >= 15 is 0 Å². The first kappa shape index (κ1) is 32.8. The number of aromatic nitrogens is 1. The second-order valence-electron chi connectivity index (χ2n) is 10.7. The molecular formula is C29H36F3N7O4S. The minimum absolute atomic E-state index is 0.0515. The van der Waals surface area contributed by atoms with Crippen LogP contribution in [0.2, 0.25) is 0 Å². The molecule has 0 saturated carbocycles. The molecule has 4 rings (SSSR count). The van der Waals surface area contributed by atoms with Crippen molar-refractivity contribution in [3.63, 3.8) is 0 Å². The summed E-state index contributed by atoms with van der Waals surface area (Å²) in [4.78, 5) is 13.2. The van der Waals surface area contributed by atoms with Crippen LogP contribution in [-0.4, -0.2) is 75.5 Å². The lowest BCUT2D eigenvalue weighted by atomic mass is 10.0. The van der Waals surface area contributed by atoms with Crippen molar-refractivity contribution in [1.82, 2.24) is 14.8 Å². The van der Waals surface area contributed by atoms with Crippen LogP contribution in [-0.2, 0) is 16.6 Å². The van der Waals surface area contributed by atoms with E-state index in [9.17, 15) is 26.4 Å². The summed E-state index contributed by atoms with van der Waals surface area (Å²) in [5, 5.41) is 15.0. The number of benzene rings is 2. The number of carbonyl (C=O) groups is 1. The van der Waals surface area contributed by atoms with E-state index in [1.165, 1.54) is 25.3 Å². The van der Waals surface area contributed by atoms with E-state index in [-0.39, 0.29) is 35.0 Å². The fourth-order valence-electron chi connectivity index (χ4n) is 5.29. The van der Waals surface area contributed by atoms with Gasteiger partial charge in [0, 0.05) is 48.9 Å². The van der Waals surface area contributed by atoms with Gasteiger partial charge >= 0.3 is 12.2 Å². The SMILES string of the molecule is COc1cc(S(N)(=O)=O)ccc1NCC#Cc1cc2c(NC3CCN(C[C@@H](C)NC(N)=O)CC3)cccc2n1CC(F)(F)F. The van der Waals surface area contributed by atoms with Gasteiger partial charge in [0.25, 0.3) is 0 Å². The number of primary amides is 1. The smallest absolute Gasteiger partial charge is 0.406 e. The standard InChI is InChI=1S/C29H36F3N7O4S/c1-19(36-28(33)40)17-38-13-10-20(11-14-38)37-24-6-3-7-26-23(24)15-21(39(26)18-29(30,31)32)5-4-12-35-25-9-8-22(44(34,41)42)16-27(25)43-2/h3,6-9,15-16,19-20,35,37H,10-14,17-18H2,1-2H3,(H3,33,36,40)(H2,34,41,42)/t19-/m1/s1. The van der Waals surface area contributed by atoms with Gasteiger partial charge < -0.3 is 35.9 Å². The lowest BCUT2D eigenvalue weighted by molar-refractivity contribution is -0.140. The molecule has 1 fully saturated rings. The van der Waals surface area contributed by atoms with Crippen molar-refractivity contribution in [1.29, 1.82) is 0 Å². The number of hydrogen-bond acceptors (Lipinski definition) is 7. The zero-order chi connectivity index (χ0) is 32.1. The molecular weight excluding hydrogens is 599 g/mol. The topological polar surface area (TPSA) is 157 Å². The molecule has 1 aliphatic rings. The van der Waals surface area contributed by atoms with Crippen molar-refractivity contribution < 1.29 is 31.1 Å². The lowest BCUT2D eigenvalue weighted by Gasteiger charge is -2.34. The summed E-state index contributed by atoms with van der Waals surface area (Å²) < 4.78 is 70.5. The van der Waals surface area contributed by atoms with Gasteiger partial charge in [0.05, 0.1) is 35.4 Å². The summed E-state index contributed by atoms with van der Waals surface area (Å²) in [7, 11) is -2.55. The number of nitrogens with two attached hydrogens (primary N) is 2. The van der Waals surface area contributed by atoms with Gasteiger partial charge in [-0.3, -0.25) is 0 Å². The van der Waals surface area contributed by atoms with Gasteiger partial charge in [0.1, 0.15) is 12.3 Å². The number of halogens is 3. The summed E-state index contributed by atoms with van der Waals surface area (Å²) in [6.07, 6.45) is -2.82. The first-order valence-corrected chi connectivity index (χ1v) is 15.5. The summed E-state index contributed by atoms with van der Waals surface area (Å²) in [5.74, 6) is 5.94. The van der Waals surface area contributed by atoms with E-state index < -0.39 is 28.8 Å². The molecule has 11 nitrogen and oxygen atoms in total. The Labute approximate surface area is 254 Å². The zero-order valence-electron chi connectivity index (χ0n) is 24.4. The molecule has 0 aliphatic carbocycles. The number of urea groups is 1. The third-order valence-corrected chi connectivity index (χ3v) is 8.15. The van der Waals surface area contributed by atoms with E-state index in [2.05, 4.69) is 32.7 Å². The molecule has 1 atom stereocenters. The molecule has 0 bridgehead atoms. The van der Waals surface area contributed by atoms with Gasteiger partial charge in [-0.15, -0.1) is 0 Å². The summed E-state index contributed by atoms with van der Waals surface area (Å²) in [6.45, 7) is 3.02. The maximum absolute atomic E-state index is 13.6. The number of piperidine rings is 1. The minimum Gasteiger partial charge on any atom is -0.495 e. The number of amides is 2. The normalized spacial score (nSPS) is 15.3. The maximum atomic E-state index is 13.6. The molecule has 2 amide bonds. The molecule has 0 radical (unpaired) electrons. The molecule has 1 aliphatic heterocycles. The van der Waals surface area contributed by atoms with Crippen molar-refractivity contribution in [2.24, 2.45) is 10.9 Å². The molecule has 7 N–H and O–H groups in total. The quantitative estimate of drug-likeness (QED) is 0.214. The lowest BCUT2D eigenvalue weighted by Crippen LogP contribution is -2.47. The molecule has 2 aromatic carbocycles. The Morgan fingerprint density at radius 1 is 1.16 bits per heavy atom. The van der Waals surface area contributed by atoms with Crippen molar-refractivity contribution in [3.8, 4) is 17.6 Å². The fraction of sp³-hybridized carbons (Fsp3) is 0.414. The number of ether oxygens (including phenoxy) is 1. The molecule has 3 aromatic rings. The van der Waals surface area contributed by atoms with Crippen LogP contribution in [0.5, 0.6) is 5.75 Å². The number of nitrogens with one attached hydrogen (secondary N) is 3. The summed E-state index contributed by atoms with van der Waals surface area (Å²) in [5.41, 5.74) is 6.99. The molecule has 1 aromatic heterocycles. The second-order valence-corrected chi connectivity index (χ2v) is 12.2. The number of sulfonamides is 1. The Bertz CT molecular complexity index is 1660. The Balaban J connectivity index is 1.50. The van der Waals surface area contributed by atoms with Crippen molar-refractivity contribution in [2.75, 3.05) is 43.9 Å². The number of methoxy groups -OCH3 is 1. The Kier molecular flexibility index (Phi) is 10.2. The molecule has 44 heavy (non-hydrogen) atoms. The van der Waals surface area contributed by atoms with Crippen LogP contribution >= 0.6 is 0 Å². The van der Waals surface area contributed by atoms with E-state index in [0.29, 0.717) is 23.1 Å². The van der Waals surface area contributed by atoms with E-state index in [4.69, 9.17) is 15.6 Å². The Morgan fingerprint density at radius 3 is 2.52 bits per heavy atom. The van der Waals surface area contributed by atoms with Crippen LogP contribution in [0.15, 0.2) is 47.4 Å². The van der Waals surface area contributed by atoms with E-state index in [0.717, 1.165) is 36.2 Å². The van der Waals surface area contributed by atoms with Crippen molar-refractivity contribution in [2.45, 2.75) is 49.5 Å². The molecule has 238 valence electrons. The highest BCUT2D eigenvalue weighted by atomic mass is 32.2. The maximum Gasteiger partial charge on any atom is 0.406 e. The van der Waals surface area contributed by atoms with Gasteiger partial charge in [-0.2, -0.15) is 13.2 Å². The molecule has 1 saturated heterocycles. The number of rotatable bonds is 10. The fourth-order valence-corrected chi connectivity index (χ4v) is 5.82. The number of anilines is 2. The number of hydrogen-bond donors (Lipinski definition) is 5. The van der Waals surface area contributed by atoms with Gasteiger partial charge in [-0.25, -0.2) is 18.4 Å². The Hall–Kier alpha value is -4.13. The highest BCUT2D eigenvalue weighted by Gasteiger charge is 2.30. The van der Waals surface area contributed by atoms with Gasteiger partial charge in [0.15, 0.2) is 0 Å². The first-order valence-electron chi connectivity index (χ1n) is 13.9. The number of fused-ring (bicyclic) bond motifs is 1. The third-order valence-electron chi connectivity index (χ3n) is 7.24. The first-order chi connectivity index (χ1) is 20.7. The van der Waals surface area contributed by atoms with E-state index in [1.54, 1.807) is 18.2 Å². The van der Waals surface area contributed by atoms with Gasteiger partial charge in [-0.05, 0) is 56.0 Å². The zero-order valence-corrected chi connectivity index (χ0v) is 25.2. The van der Waals surface area contributed by atoms with Gasteiger partial charge in [-0.1, -0.05) is 12.0 Å². The molecule has 0 unspecified atom stereocenters. The van der Waals surface area contributed by atoms with Crippen LogP contribution in [0.25, 0.3) is 10.9 Å². The summed E-state index contributed by atoms with van der Waals surface area (Å²) >= 11 is 0. The highest BCUT2D eigenvalue weighted by Crippen LogP contribution is 2.31. The molecule has 2 heterocycles. The van der Waals surface area contributed by atoms with E-state index in [1.807, 2.05) is 13.0 Å². The van der Waals surface area contributed by atoms with Gasteiger partial charge in [0.2, 0.25) is 10.0 Å². The number of likely N-dealkylation sites (tertiary alicyclic amines) is 1. The number of alkyl halides is 3. The van der Waals surface area contributed by atoms with Crippen LogP contribution < -0.4 is 31.6 Å². The van der Waals surface area contributed by atoms with Crippen LogP contribution in [0.1, 0.15) is 25.5 Å². The average molecular weight is 636 g/mol. The minimum atomic E-state index is -4.46. The number of primary sulfonamides is 1. The molecule has 0 spiro atoms. The largest absolute Gasteiger partial charge is 0.495 e. The number of carbonyl (C=O) groups excluding carboxylic acids is 1. The van der Waals surface area contributed by atoms with Crippen molar-refractivity contribution in [3.05, 3.63) is 48.2 Å². The monoisotopic (exact) mass is 635 g/mol. The predicted octanol–water partition coefficient (Wildman–Crippen LogP) is 3.26. The average Bonchev–Trinajstić information content (AvgIpc) is 3.27. The second kappa shape index (κ2) is 13.7. The third kappa shape index (κ3) is 8.71. The van der Waals surface area contributed by atoms with Crippen LogP contribution in [0.3, 0.4) is 0 Å².